The molecule has 17 heavy (non-hydrogen) atoms. The molecule has 0 saturated carbocycles. The summed E-state index contributed by atoms with van der Waals surface area (Å²) in [5.74, 6) is -0.402. The normalized spacial score (nSPS) is 13.8. The van der Waals surface area contributed by atoms with Gasteiger partial charge in [0.05, 0.1) is 6.54 Å². The summed E-state index contributed by atoms with van der Waals surface area (Å²) < 4.78 is 37.9. The SMILES string of the molecule is CCCNC(=O)CN(C)C(CCN)C(F)(F)F. The molecule has 3 N–H and O–H groups in total. The van der Waals surface area contributed by atoms with E-state index in [1.807, 2.05) is 6.92 Å². The molecule has 1 amide bonds. The van der Waals surface area contributed by atoms with Gasteiger partial charge >= 0.3 is 6.18 Å². The Balaban J connectivity index is 4.32. The molecule has 0 radical (unpaired) electrons. The highest BCUT2D eigenvalue weighted by atomic mass is 19.4. The largest absolute Gasteiger partial charge is 0.404 e. The van der Waals surface area contributed by atoms with Crippen LogP contribution in [0.15, 0.2) is 0 Å². The van der Waals surface area contributed by atoms with Crippen molar-refractivity contribution in [2.75, 3.05) is 26.7 Å². The number of amides is 1. The van der Waals surface area contributed by atoms with Crippen LogP contribution in [0.4, 0.5) is 13.2 Å². The Bertz CT molecular complexity index is 233. The predicted octanol–water partition coefficient (Wildman–Crippen LogP) is 0.724. The number of nitrogens with two attached hydrogens (primary N) is 1. The number of carbonyl (C=O) groups excluding carboxylic acids is 1. The van der Waals surface area contributed by atoms with E-state index >= 15 is 0 Å². The molecule has 0 aliphatic carbocycles. The third kappa shape index (κ3) is 6.48. The number of carbonyl (C=O) groups is 1. The van der Waals surface area contributed by atoms with Crippen molar-refractivity contribution in [3.05, 3.63) is 0 Å². The molecular weight excluding hydrogens is 235 g/mol. The molecule has 0 aromatic rings. The van der Waals surface area contributed by atoms with E-state index in [1.54, 1.807) is 0 Å². The van der Waals surface area contributed by atoms with Gasteiger partial charge in [-0.3, -0.25) is 9.69 Å². The Hall–Kier alpha value is -0.820. The lowest BCUT2D eigenvalue weighted by Gasteiger charge is -2.29. The molecule has 1 unspecified atom stereocenters. The number of nitrogens with one attached hydrogen (secondary N) is 1. The van der Waals surface area contributed by atoms with Crippen molar-refractivity contribution in [3.63, 3.8) is 0 Å². The van der Waals surface area contributed by atoms with Crippen molar-refractivity contribution in [1.29, 1.82) is 0 Å². The minimum absolute atomic E-state index is 0.0644. The number of likely N-dealkylation sites (N-methyl/N-ethyl adjacent to an activating group) is 1. The molecule has 0 bridgehead atoms. The first-order valence-corrected chi connectivity index (χ1v) is 5.56. The maximum atomic E-state index is 12.6. The van der Waals surface area contributed by atoms with E-state index in [-0.39, 0.29) is 19.5 Å². The highest BCUT2D eigenvalue weighted by molar-refractivity contribution is 5.77. The molecule has 0 aromatic heterocycles. The second-order valence-electron chi connectivity index (χ2n) is 3.90. The molecule has 0 saturated heterocycles. The van der Waals surface area contributed by atoms with Crippen LogP contribution >= 0.6 is 0 Å². The average Bonchev–Trinajstić information content (AvgIpc) is 2.21. The van der Waals surface area contributed by atoms with Gasteiger partial charge in [-0.15, -0.1) is 0 Å². The minimum atomic E-state index is -4.36. The highest BCUT2D eigenvalue weighted by Gasteiger charge is 2.41. The molecule has 0 rings (SSSR count). The third-order valence-electron chi connectivity index (χ3n) is 2.32. The van der Waals surface area contributed by atoms with Gasteiger partial charge in [-0.25, -0.2) is 0 Å². The minimum Gasteiger partial charge on any atom is -0.355 e. The first kappa shape index (κ1) is 16.2. The second kappa shape index (κ2) is 7.50. The van der Waals surface area contributed by atoms with Crippen LogP contribution in [-0.2, 0) is 4.79 Å². The summed E-state index contributed by atoms with van der Waals surface area (Å²) in [6.07, 6.45) is -3.82. The van der Waals surface area contributed by atoms with Gasteiger partial charge in [0.1, 0.15) is 6.04 Å². The standard InChI is InChI=1S/C10H20F3N3O/c1-3-6-15-9(17)7-16(2)8(4-5-14)10(11,12)13/h8H,3-7,14H2,1-2H3,(H,15,17). The van der Waals surface area contributed by atoms with Crippen molar-refractivity contribution in [3.8, 4) is 0 Å². The molecule has 0 aromatic carbocycles. The molecule has 102 valence electrons. The maximum Gasteiger partial charge on any atom is 0.404 e. The number of halogens is 3. The second-order valence-corrected chi connectivity index (χ2v) is 3.90. The summed E-state index contributed by atoms with van der Waals surface area (Å²) in [6.45, 7) is 2.01. The molecular formula is C10H20F3N3O. The Kier molecular flexibility index (Phi) is 7.13. The summed E-state index contributed by atoms with van der Waals surface area (Å²) in [5.41, 5.74) is 5.15. The molecule has 4 nitrogen and oxygen atoms in total. The van der Waals surface area contributed by atoms with Crippen molar-refractivity contribution >= 4 is 5.91 Å². The quantitative estimate of drug-likeness (QED) is 0.705. The Labute approximate surface area is 99.3 Å². The lowest BCUT2D eigenvalue weighted by atomic mass is 10.1. The van der Waals surface area contributed by atoms with E-state index in [2.05, 4.69) is 5.32 Å². The zero-order valence-electron chi connectivity index (χ0n) is 10.2. The fourth-order valence-corrected chi connectivity index (χ4v) is 1.45. The summed E-state index contributed by atoms with van der Waals surface area (Å²) in [5, 5.41) is 2.53. The predicted molar refractivity (Wildman–Crippen MR) is 59.4 cm³/mol. The van der Waals surface area contributed by atoms with Crippen LogP contribution in [0.2, 0.25) is 0 Å². The fourth-order valence-electron chi connectivity index (χ4n) is 1.45. The molecule has 0 spiro atoms. The van der Waals surface area contributed by atoms with E-state index in [9.17, 15) is 18.0 Å². The van der Waals surface area contributed by atoms with Gasteiger partial charge in [-0.05, 0) is 26.4 Å². The lowest BCUT2D eigenvalue weighted by molar-refractivity contribution is -0.182. The van der Waals surface area contributed by atoms with Crippen LogP contribution in [0, 0.1) is 0 Å². The lowest BCUT2D eigenvalue weighted by Crippen LogP contribution is -2.48. The summed E-state index contributed by atoms with van der Waals surface area (Å²) in [7, 11) is 1.28. The monoisotopic (exact) mass is 255 g/mol. The van der Waals surface area contributed by atoms with E-state index < -0.39 is 18.1 Å². The number of hydrogen-bond acceptors (Lipinski definition) is 3. The smallest absolute Gasteiger partial charge is 0.355 e. The topological polar surface area (TPSA) is 58.4 Å². The molecule has 0 aliphatic rings. The molecule has 0 aliphatic heterocycles. The van der Waals surface area contributed by atoms with Crippen LogP contribution in [0.25, 0.3) is 0 Å². The Morgan fingerprint density at radius 1 is 1.47 bits per heavy atom. The van der Waals surface area contributed by atoms with Crippen molar-refractivity contribution < 1.29 is 18.0 Å². The van der Waals surface area contributed by atoms with Crippen LogP contribution in [0.5, 0.6) is 0 Å². The maximum absolute atomic E-state index is 12.6. The zero-order valence-corrected chi connectivity index (χ0v) is 10.2. The van der Waals surface area contributed by atoms with Gasteiger partial charge in [0.25, 0.3) is 0 Å². The fraction of sp³-hybridized carbons (Fsp3) is 0.900. The summed E-state index contributed by atoms with van der Waals surface area (Å²) in [4.78, 5) is 12.3. The molecule has 0 fully saturated rings. The van der Waals surface area contributed by atoms with E-state index in [1.165, 1.54) is 7.05 Å². The number of nitrogens with zero attached hydrogens (tertiary/aromatic N) is 1. The van der Waals surface area contributed by atoms with Crippen LogP contribution in [0.1, 0.15) is 19.8 Å². The molecule has 0 heterocycles. The van der Waals surface area contributed by atoms with Crippen molar-refractivity contribution in [1.82, 2.24) is 10.2 Å². The zero-order chi connectivity index (χ0) is 13.5. The van der Waals surface area contributed by atoms with E-state index in [0.717, 1.165) is 11.3 Å². The third-order valence-corrected chi connectivity index (χ3v) is 2.32. The average molecular weight is 255 g/mol. The first-order chi connectivity index (χ1) is 7.82. The molecule has 1 atom stereocenters. The van der Waals surface area contributed by atoms with E-state index in [0.29, 0.717) is 6.54 Å². The van der Waals surface area contributed by atoms with Crippen LogP contribution in [0.3, 0.4) is 0 Å². The Morgan fingerprint density at radius 3 is 2.47 bits per heavy atom. The van der Waals surface area contributed by atoms with Crippen molar-refractivity contribution in [2.24, 2.45) is 5.73 Å². The van der Waals surface area contributed by atoms with Crippen molar-refractivity contribution in [2.45, 2.75) is 32.0 Å². The van der Waals surface area contributed by atoms with Gasteiger partial charge in [0.15, 0.2) is 0 Å². The van der Waals surface area contributed by atoms with E-state index in [4.69, 9.17) is 5.73 Å². The first-order valence-electron chi connectivity index (χ1n) is 5.56. The Morgan fingerprint density at radius 2 is 2.06 bits per heavy atom. The van der Waals surface area contributed by atoms with Gasteiger partial charge in [0.2, 0.25) is 5.91 Å². The van der Waals surface area contributed by atoms with Gasteiger partial charge in [-0.2, -0.15) is 13.2 Å². The van der Waals surface area contributed by atoms with Gasteiger partial charge < -0.3 is 11.1 Å². The van der Waals surface area contributed by atoms with Crippen LogP contribution in [-0.4, -0.2) is 49.7 Å². The molecule has 7 heteroatoms. The number of hydrogen-bond donors (Lipinski definition) is 2. The van der Waals surface area contributed by atoms with Crippen LogP contribution < -0.4 is 11.1 Å². The number of rotatable bonds is 7. The highest BCUT2D eigenvalue weighted by Crippen LogP contribution is 2.25. The summed E-state index contributed by atoms with van der Waals surface area (Å²) >= 11 is 0. The van der Waals surface area contributed by atoms with Gasteiger partial charge in [-0.1, -0.05) is 6.92 Å². The van der Waals surface area contributed by atoms with Gasteiger partial charge in [0, 0.05) is 6.54 Å². The number of alkyl halides is 3. The summed E-state index contributed by atoms with van der Waals surface area (Å²) in [6, 6.07) is -1.67.